The van der Waals surface area contributed by atoms with Crippen molar-refractivity contribution in [2.24, 2.45) is 11.7 Å². The van der Waals surface area contributed by atoms with Crippen molar-refractivity contribution < 1.29 is 4.79 Å². The van der Waals surface area contributed by atoms with Crippen LogP contribution < -0.4 is 16.4 Å². The molecule has 2 saturated carbocycles. The number of nitrogens with zero attached hydrogens (tertiary/aromatic N) is 1. The minimum absolute atomic E-state index is 0.390. The summed E-state index contributed by atoms with van der Waals surface area (Å²) >= 11 is 0. The molecule has 3 rings (SSSR count). The number of nitrogens with two attached hydrogens (primary N) is 2. The zero-order valence-electron chi connectivity index (χ0n) is 10.4. The molecular formula is C14H19N3O. The maximum Gasteiger partial charge on any atom is 0.250 e. The highest BCUT2D eigenvalue weighted by molar-refractivity contribution is 5.99. The smallest absolute Gasteiger partial charge is 0.250 e. The molecule has 2 aliphatic rings. The van der Waals surface area contributed by atoms with Gasteiger partial charge < -0.3 is 16.4 Å². The summed E-state index contributed by atoms with van der Waals surface area (Å²) in [5.41, 5.74) is 13.3. The number of hydrogen-bond donors (Lipinski definition) is 2. The molecule has 0 heterocycles. The SMILES string of the molecule is NC(=O)c1cc(N)ccc1N(CC1CC1)C1CC1. The minimum atomic E-state index is -0.390. The molecule has 96 valence electrons. The van der Waals surface area contributed by atoms with Crippen LogP contribution in [-0.4, -0.2) is 18.5 Å². The van der Waals surface area contributed by atoms with Crippen LogP contribution in [0.25, 0.3) is 0 Å². The van der Waals surface area contributed by atoms with Crippen molar-refractivity contribution in [1.82, 2.24) is 0 Å². The highest BCUT2D eigenvalue weighted by Gasteiger charge is 2.35. The zero-order valence-corrected chi connectivity index (χ0v) is 10.4. The quantitative estimate of drug-likeness (QED) is 0.776. The molecule has 0 bridgehead atoms. The number of nitrogen functional groups attached to an aromatic ring is 1. The fraction of sp³-hybridized carbons (Fsp3) is 0.500. The van der Waals surface area contributed by atoms with Gasteiger partial charge in [-0.1, -0.05) is 0 Å². The van der Waals surface area contributed by atoms with Crippen LogP contribution in [0.1, 0.15) is 36.0 Å². The Balaban J connectivity index is 1.93. The Bertz CT molecular complexity index is 478. The molecule has 1 amide bonds. The average Bonchev–Trinajstić information content (AvgIpc) is 3.19. The summed E-state index contributed by atoms with van der Waals surface area (Å²) in [6.45, 7) is 1.05. The van der Waals surface area contributed by atoms with E-state index in [1.54, 1.807) is 6.07 Å². The van der Waals surface area contributed by atoms with Gasteiger partial charge in [0.15, 0.2) is 0 Å². The first-order chi connectivity index (χ1) is 8.65. The van der Waals surface area contributed by atoms with E-state index in [4.69, 9.17) is 11.5 Å². The van der Waals surface area contributed by atoms with E-state index in [1.807, 2.05) is 12.1 Å². The predicted octanol–water partition coefficient (Wildman–Crippen LogP) is 1.75. The van der Waals surface area contributed by atoms with Crippen molar-refractivity contribution in [3.05, 3.63) is 23.8 Å². The van der Waals surface area contributed by atoms with E-state index in [0.29, 0.717) is 17.3 Å². The van der Waals surface area contributed by atoms with Gasteiger partial charge in [-0.25, -0.2) is 0 Å². The first-order valence-electron chi connectivity index (χ1n) is 6.61. The van der Waals surface area contributed by atoms with Gasteiger partial charge in [0.05, 0.1) is 5.56 Å². The number of carbonyl (C=O) groups is 1. The van der Waals surface area contributed by atoms with Crippen LogP contribution in [0.2, 0.25) is 0 Å². The molecule has 0 aromatic heterocycles. The Morgan fingerprint density at radius 2 is 2.00 bits per heavy atom. The van der Waals surface area contributed by atoms with Crippen LogP contribution in [0.3, 0.4) is 0 Å². The molecule has 0 spiro atoms. The fourth-order valence-electron chi connectivity index (χ4n) is 2.41. The Hall–Kier alpha value is -1.71. The van der Waals surface area contributed by atoms with Crippen molar-refractivity contribution >= 4 is 17.3 Å². The van der Waals surface area contributed by atoms with Gasteiger partial charge in [-0.2, -0.15) is 0 Å². The molecule has 4 nitrogen and oxygen atoms in total. The Kier molecular flexibility index (Phi) is 2.65. The summed E-state index contributed by atoms with van der Waals surface area (Å²) in [5, 5.41) is 0. The van der Waals surface area contributed by atoms with E-state index in [2.05, 4.69) is 4.90 Å². The molecule has 2 fully saturated rings. The number of hydrogen-bond acceptors (Lipinski definition) is 3. The standard InChI is InChI=1S/C14H19N3O/c15-10-3-6-13(12(7-10)14(16)18)17(11-4-5-11)8-9-1-2-9/h3,6-7,9,11H,1-2,4-5,8,15H2,(H2,16,18). The summed E-state index contributed by atoms with van der Waals surface area (Å²) in [5.74, 6) is 0.405. The molecule has 0 radical (unpaired) electrons. The third-order valence-electron chi connectivity index (χ3n) is 3.73. The number of anilines is 2. The van der Waals surface area contributed by atoms with Crippen molar-refractivity contribution in [2.45, 2.75) is 31.7 Å². The Morgan fingerprint density at radius 1 is 1.28 bits per heavy atom. The second-order valence-electron chi connectivity index (χ2n) is 5.47. The molecule has 0 saturated heterocycles. The van der Waals surface area contributed by atoms with Gasteiger partial charge in [0.1, 0.15) is 0 Å². The number of primary amides is 1. The number of benzene rings is 1. The highest BCUT2D eigenvalue weighted by atomic mass is 16.1. The molecule has 1 aromatic rings. The van der Waals surface area contributed by atoms with Gasteiger partial charge in [-0.15, -0.1) is 0 Å². The number of carbonyl (C=O) groups excluding carboxylic acids is 1. The van der Waals surface area contributed by atoms with Crippen LogP contribution in [0, 0.1) is 5.92 Å². The first kappa shape index (κ1) is 11.4. The second-order valence-corrected chi connectivity index (χ2v) is 5.47. The summed E-state index contributed by atoms with van der Waals surface area (Å²) in [6.07, 6.45) is 5.05. The first-order valence-corrected chi connectivity index (χ1v) is 6.61. The maximum absolute atomic E-state index is 11.6. The average molecular weight is 245 g/mol. The van der Waals surface area contributed by atoms with Crippen LogP contribution in [0.5, 0.6) is 0 Å². The van der Waals surface area contributed by atoms with Gasteiger partial charge in [0.25, 0.3) is 5.91 Å². The maximum atomic E-state index is 11.6. The van der Waals surface area contributed by atoms with Gasteiger partial charge in [-0.3, -0.25) is 4.79 Å². The van der Waals surface area contributed by atoms with Gasteiger partial charge >= 0.3 is 0 Å². The lowest BCUT2D eigenvalue weighted by Crippen LogP contribution is -2.30. The normalized spacial score (nSPS) is 18.7. The summed E-state index contributed by atoms with van der Waals surface area (Å²) < 4.78 is 0. The summed E-state index contributed by atoms with van der Waals surface area (Å²) in [4.78, 5) is 13.9. The van der Waals surface area contributed by atoms with Gasteiger partial charge in [0, 0.05) is 24.0 Å². The third-order valence-corrected chi connectivity index (χ3v) is 3.73. The fourth-order valence-corrected chi connectivity index (χ4v) is 2.41. The van der Waals surface area contributed by atoms with Crippen molar-refractivity contribution in [3.8, 4) is 0 Å². The third kappa shape index (κ3) is 2.28. The van der Waals surface area contributed by atoms with Crippen LogP contribution in [0.15, 0.2) is 18.2 Å². The Morgan fingerprint density at radius 3 is 2.56 bits per heavy atom. The predicted molar refractivity (Wildman–Crippen MR) is 72.5 cm³/mol. The van der Waals surface area contributed by atoms with E-state index >= 15 is 0 Å². The minimum Gasteiger partial charge on any atom is -0.399 e. The molecule has 0 unspecified atom stereocenters. The largest absolute Gasteiger partial charge is 0.399 e. The number of rotatable bonds is 5. The van der Waals surface area contributed by atoms with Gasteiger partial charge in [-0.05, 0) is 49.8 Å². The van der Waals surface area contributed by atoms with E-state index in [9.17, 15) is 4.79 Å². The van der Waals surface area contributed by atoms with E-state index in [1.165, 1.54) is 25.7 Å². The molecule has 4 heteroatoms. The lowest BCUT2D eigenvalue weighted by Gasteiger charge is -2.26. The van der Waals surface area contributed by atoms with Crippen LogP contribution in [-0.2, 0) is 0 Å². The second kappa shape index (κ2) is 4.19. The topological polar surface area (TPSA) is 72.3 Å². The van der Waals surface area contributed by atoms with E-state index < -0.39 is 5.91 Å². The summed E-state index contributed by atoms with van der Waals surface area (Å²) in [7, 11) is 0. The molecule has 18 heavy (non-hydrogen) atoms. The molecule has 1 aromatic carbocycles. The molecular weight excluding hydrogens is 226 g/mol. The van der Waals surface area contributed by atoms with E-state index in [0.717, 1.165) is 18.2 Å². The van der Waals surface area contributed by atoms with Crippen LogP contribution >= 0.6 is 0 Å². The van der Waals surface area contributed by atoms with E-state index in [-0.39, 0.29) is 0 Å². The van der Waals surface area contributed by atoms with Gasteiger partial charge in [0.2, 0.25) is 0 Å². The summed E-state index contributed by atoms with van der Waals surface area (Å²) in [6, 6.07) is 6.08. The zero-order chi connectivity index (χ0) is 12.7. The van der Waals surface area contributed by atoms with Crippen molar-refractivity contribution in [3.63, 3.8) is 0 Å². The molecule has 4 N–H and O–H groups in total. The lowest BCUT2D eigenvalue weighted by atomic mass is 10.1. The molecule has 0 aliphatic heterocycles. The lowest BCUT2D eigenvalue weighted by molar-refractivity contribution is 0.100. The molecule has 0 atom stereocenters. The van der Waals surface area contributed by atoms with Crippen molar-refractivity contribution in [1.29, 1.82) is 0 Å². The highest BCUT2D eigenvalue weighted by Crippen LogP contribution is 2.39. The monoisotopic (exact) mass is 245 g/mol. The van der Waals surface area contributed by atoms with Crippen LogP contribution in [0.4, 0.5) is 11.4 Å². The Labute approximate surface area is 107 Å². The van der Waals surface area contributed by atoms with Crippen molar-refractivity contribution in [2.75, 3.05) is 17.2 Å². The molecule has 2 aliphatic carbocycles. The number of amides is 1.